The highest BCUT2D eigenvalue weighted by atomic mass is 16.5. The van der Waals surface area contributed by atoms with Gasteiger partial charge in [0.1, 0.15) is 0 Å². The molecule has 0 N–H and O–H groups in total. The molecule has 3 atom stereocenters. The summed E-state index contributed by atoms with van der Waals surface area (Å²) in [5, 5.41) is 9.48. The second-order valence-electron chi connectivity index (χ2n) is 8.14. The lowest BCUT2D eigenvalue weighted by molar-refractivity contribution is -0.143. The van der Waals surface area contributed by atoms with E-state index in [2.05, 4.69) is 44.2 Å². The standard InChI is InChI=1S/C25H41NO2/c1-3-5-14-22-17-18-23(24(20-22)21-26)15-12-10-8-7-9-11-13-16-25(27)28-19-6-4-2/h12,15,17-18,22-24H,3-11,13-14,16,19-20H2,1-2H3/b15-12+/t22-,23-,24-/m1/s1. The number of rotatable bonds is 15. The molecule has 0 saturated heterocycles. The van der Waals surface area contributed by atoms with E-state index in [0.717, 1.165) is 38.5 Å². The molecule has 0 radical (unpaired) electrons. The van der Waals surface area contributed by atoms with E-state index in [1.807, 2.05) is 0 Å². The lowest BCUT2D eigenvalue weighted by Crippen LogP contribution is -2.18. The van der Waals surface area contributed by atoms with Gasteiger partial charge in [0, 0.05) is 12.3 Å². The zero-order valence-electron chi connectivity index (χ0n) is 18.2. The van der Waals surface area contributed by atoms with Crippen LogP contribution in [0.1, 0.15) is 97.3 Å². The van der Waals surface area contributed by atoms with Crippen LogP contribution in [0.4, 0.5) is 0 Å². The molecule has 158 valence electrons. The molecule has 28 heavy (non-hydrogen) atoms. The second-order valence-corrected chi connectivity index (χ2v) is 8.14. The number of nitriles is 1. The number of hydrogen-bond acceptors (Lipinski definition) is 3. The zero-order chi connectivity index (χ0) is 20.5. The van der Waals surface area contributed by atoms with Crippen molar-refractivity contribution in [2.45, 2.75) is 97.3 Å². The van der Waals surface area contributed by atoms with E-state index < -0.39 is 0 Å². The van der Waals surface area contributed by atoms with E-state index in [9.17, 15) is 10.1 Å². The molecule has 0 aromatic carbocycles. The number of allylic oxidation sites excluding steroid dienone is 4. The van der Waals surface area contributed by atoms with Crippen molar-refractivity contribution < 1.29 is 9.53 Å². The van der Waals surface area contributed by atoms with Gasteiger partial charge in [0.15, 0.2) is 0 Å². The van der Waals surface area contributed by atoms with Crippen LogP contribution in [0.15, 0.2) is 24.3 Å². The second kappa shape index (κ2) is 16.4. The fourth-order valence-electron chi connectivity index (χ4n) is 3.72. The van der Waals surface area contributed by atoms with Crippen LogP contribution >= 0.6 is 0 Å². The van der Waals surface area contributed by atoms with Crippen molar-refractivity contribution in [3.8, 4) is 6.07 Å². The molecule has 0 aliphatic heterocycles. The van der Waals surface area contributed by atoms with E-state index in [4.69, 9.17) is 4.74 Å². The van der Waals surface area contributed by atoms with Crippen LogP contribution in [-0.4, -0.2) is 12.6 Å². The van der Waals surface area contributed by atoms with E-state index in [1.165, 1.54) is 38.5 Å². The minimum atomic E-state index is -0.0408. The summed E-state index contributed by atoms with van der Waals surface area (Å²) in [4.78, 5) is 11.5. The first-order valence-electron chi connectivity index (χ1n) is 11.6. The van der Waals surface area contributed by atoms with Crippen LogP contribution < -0.4 is 0 Å². The van der Waals surface area contributed by atoms with Gasteiger partial charge in [-0.3, -0.25) is 4.79 Å². The molecular formula is C25H41NO2. The van der Waals surface area contributed by atoms with E-state index in [1.54, 1.807) is 0 Å². The third-order valence-corrected chi connectivity index (χ3v) is 5.59. The number of carbonyl (C=O) groups excluding carboxylic acids is 1. The summed E-state index contributed by atoms with van der Waals surface area (Å²) in [6, 6.07) is 2.52. The Kier molecular flexibility index (Phi) is 14.3. The molecular weight excluding hydrogens is 346 g/mol. The van der Waals surface area contributed by atoms with Gasteiger partial charge in [-0.05, 0) is 44.4 Å². The van der Waals surface area contributed by atoms with Crippen molar-refractivity contribution in [3.63, 3.8) is 0 Å². The maximum Gasteiger partial charge on any atom is 0.305 e. The van der Waals surface area contributed by atoms with Gasteiger partial charge in [0.05, 0.1) is 18.6 Å². The van der Waals surface area contributed by atoms with Crippen molar-refractivity contribution in [1.82, 2.24) is 0 Å². The van der Waals surface area contributed by atoms with Crippen LogP contribution in [0.25, 0.3) is 0 Å². The van der Waals surface area contributed by atoms with Crippen molar-refractivity contribution in [2.24, 2.45) is 17.8 Å². The summed E-state index contributed by atoms with van der Waals surface area (Å²) in [5.41, 5.74) is 0. The molecule has 0 saturated carbocycles. The van der Waals surface area contributed by atoms with Crippen LogP contribution in [0.2, 0.25) is 0 Å². The summed E-state index contributed by atoms with van der Waals surface area (Å²) in [7, 11) is 0. The van der Waals surface area contributed by atoms with Crippen LogP contribution in [0.3, 0.4) is 0 Å². The Morgan fingerprint density at radius 3 is 2.57 bits per heavy atom. The number of hydrogen-bond donors (Lipinski definition) is 0. The molecule has 3 heteroatoms. The number of esters is 1. The molecule has 0 unspecified atom stereocenters. The predicted octanol–water partition coefficient (Wildman–Crippen LogP) is 7.14. The van der Waals surface area contributed by atoms with Gasteiger partial charge in [-0.25, -0.2) is 0 Å². The van der Waals surface area contributed by atoms with Gasteiger partial charge in [-0.2, -0.15) is 5.26 Å². The minimum absolute atomic E-state index is 0.0408. The Morgan fingerprint density at radius 1 is 1.07 bits per heavy atom. The quantitative estimate of drug-likeness (QED) is 0.170. The van der Waals surface area contributed by atoms with Gasteiger partial charge in [-0.15, -0.1) is 0 Å². The molecule has 1 aliphatic rings. The zero-order valence-corrected chi connectivity index (χ0v) is 18.2. The smallest absolute Gasteiger partial charge is 0.305 e. The summed E-state index contributed by atoms with van der Waals surface area (Å²) in [5.74, 6) is 0.987. The molecule has 0 bridgehead atoms. The van der Waals surface area contributed by atoms with Gasteiger partial charge in [-0.1, -0.05) is 76.7 Å². The van der Waals surface area contributed by atoms with Crippen LogP contribution in [0, 0.1) is 29.1 Å². The van der Waals surface area contributed by atoms with Gasteiger partial charge in [0.25, 0.3) is 0 Å². The summed E-state index contributed by atoms with van der Waals surface area (Å²) < 4.78 is 5.17. The Balaban J connectivity index is 2.08. The number of nitrogens with zero attached hydrogens (tertiary/aromatic N) is 1. The van der Waals surface area contributed by atoms with Crippen LogP contribution in [0.5, 0.6) is 0 Å². The van der Waals surface area contributed by atoms with E-state index in [-0.39, 0.29) is 11.9 Å². The topological polar surface area (TPSA) is 50.1 Å². The molecule has 0 aromatic heterocycles. The molecule has 3 nitrogen and oxygen atoms in total. The molecule has 1 aliphatic carbocycles. The molecule has 1 rings (SSSR count). The van der Waals surface area contributed by atoms with Crippen molar-refractivity contribution in [1.29, 1.82) is 5.26 Å². The highest BCUT2D eigenvalue weighted by Gasteiger charge is 2.24. The molecule has 0 spiro atoms. The molecule has 0 aromatic rings. The van der Waals surface area contributed by atoms with Crippen LogP contribution in [-0.2, 0) is 9.53 Å². The summed E-state index contributed by atoms with van der Waals surface area (Å²) in [6.07, 6.45) is 23.1. The first kappa shape index (κ1) is 24.5. The molecule has 0 amide bonds. The highest BCUT2D eigenvalue weighted by molar-refractivity contribution is 5.69. The fourth-order valence-corrected chi connectivity index (χ4v) is 3.72. The average molecular weight is 388 g/mol. The third kappa shape index (κ3) is 11.3. The SMILES string of the molecule is CCCCOC(=O)CCCCCCC/C=C/[C@@H]1C=C[C@@H](CCCC)C[C@@H]1C#N. The first-order valence-corrected chi connectivity index (χ1v) is 11.6. The fraction of sp³-hybridized carbons (Fsp3) is 0.760. The lowest BCUT2D eigenvalue weighted by atomic mass is 9.78. The van der Waals surface area contributed by atoms with E-state index >= 15 is 0 Å². The maximum atomic E-state index is 11.5. The van der Waals surface area contributed by atoms with Gasteiger partial charge < -0.3 is 4.74 Å². The maximum absolute atomic E-state index is 11.5. The predicted molar refractivity (Wildman–Crippen MR) is 117 cm³/mol. The average Bonchev–Trinajstić information content (AvgIpc) is 2.71. The lowest BCUT2D eigenvalue weighted by Gasteiger charge is -2.25. The van der Waals surface area contributed by atoms with Gasteiger partial charge in [0.2, 0.25) is 0 Å². The number of ether oxygens (including phenoxy) is 1. The molecule has 0 heterocycles. The van der Waals surface area contributed by atoms with E-state index in [0.29, 0.717) is 24.9 Å². The van der Waals surface area contributed by atoms with Crippen molar-refractivity contribution >= 4 is 5.97 Å². The van der Waals surface area contributed by atoms with Gasteiger partial charge >= 0.3 is 5.97 Å². The number of unbranched alkanes of at least 4 members (excludes halogenated alkanes) is 7. The molecule has 0 fully saturated rings. The highest BCUT2D eigenvalue weighted by Crippen LogP contribution is 2.31. The number of carbonyl (C=O) groups is 1. The summed E-state index contributed by atoms with van der Waals surface area (Å²) >= 11 is 0. The minimum Gasteiger partial charge on any atom is -0.466 e. The first-order chi connectivity index (χ1) is 13.7. The monoisotopic (exact) mass is 387 g/mol. The van der Waals surface area contributed by atoms with Crippen molar-refractivity contribution in [2.75, 3.05) is 6.61 Å². The van der Waals surface area contributed by atoms with Crippen molar-refractivity contribution in [3.05, 3.63) is 24.3 Å². The Bertz CT molecular complexity index is 503. The summed E-state index contributed by atoms with van der Waals surface area (Å²) in [6.45, 7) is 4.90. The Morgan fingerprint density at radius 2 is 1.82 bits per heavy atom. The largest absolute Gasteiger partial charge is 0.466 e. The normalized spacial score (nSPS) is 21.7. The Hall–Kier alpha value is -1.56. The Labute approximate surface area is 173 Å². The third-order valence-electron chi connectivity index (χ3n) is 5.59.